The molecule has 0 spiro atoms. The quantitative estimate of drug-likeness (QED) is 0.542. The van der Waals surface area contributed by atoms with Crippen molar-refractivity contribution in [2.75, 3.05) is 7.11 Å². The minimum absolute atomic E-state index is 0.0444. The largest absolute Gasteiger partial charge is 0.469 e. The Kier molecular flexibility index (Phi) is 2.18. The molecule has 3 aromatic heterocycles. The predicted octanol–water partition coefficient (Wildman–Crippen LogP) is -0.879. The van der Waals surface area contributed by atoms with Gasteiger partial charge in [0, 0.05) is 7.05 Å². The molecule has 92 valence electrons. The molecule has 0 fully saturated rings. The SMILES string of the molecule is COC(=O)Cc1nn(C)c2c1nnc1ncnn12. The second kappa shape index (κ2) is 3.72. The zero-order valence-corrected chi connectivity index (χ0v) is 9.73. The topological polar surface area (TPSA) is 100 Å². The molecule has 0 aliphatic heterocycles. The zero-order valence-electron chi connectivity index (χ0n) is 9.73. The molecular formula is C9H9N7O2. The predicted molar refractivity (Wildman–Crippen MR) is 58.6 cm³/mol. The third-order valence-electron chi connectivity index (χ3n) is 2.57. The Bertz CT molecular complexity index is 744. The summed E-state index contributed by atoms with van der Waals surface area (Å²) in [6, 6.07) is 0. The van der Waals surface area contributed by atoms with Crippen molar-refractivity contribution in [3.05, 3.63) is 12.0 Å². The summed E-state index contributed by atoms with van der Waals surface area (Å²) in [5, 5.41) is 16.2. The Morgan fingerprint density at radius 3 is 3.06 bits per heavy atom. The molecule has 0 atom stereocenters. The van der Waals surface area contributed by atoms with Crippen LogP contribution in [0.3, 0.4) is 0 Å². The van der Waals surface area contributed by atoms with Crippen molar-refractivity contribution in [3.63, 3.8) is 0 Å². The molecule has 9 heteroatoms. The van der Waals surface area contributed by atoms with Crippen molar-refractivity contribution >= 4 is 22.9 Å². The third kappa shape index (κ3) is 1.40. The van der Waals surface area contributed by atoms with Crippen LogP contribution in [0.25, 0.3) is 16.9 Å². The standard InChI is InChI=1S/C9H9N7O2/c1-15-8-7(5(14-15)3-6(17)18-2)12-13-9-10-4-11-16(8)9/h4H,3H2,1-2H3. The second-order valence-corrected chi connectivity index (χ2v) is 3.67. The van der Waals surface area contributed by atoms with Gasteiger partial charge in [-0.3, -0.25) is 4.79 Å². The van der Waals surface area contributed by atoms with Crippen LogP contribution in [0.15, 0.2) is 6.33 Å². The first kappa shape index (κ1) is 10.6. The highest BCUT2D eigenvalue weighted by molar-refractivity contribution is 5.81. The van der Waals surface area contributed by atoms with Crippen LogP contribution in [0.1, 0.15) is 5.69 Å². The summed E-state index contributed by atoms with van der Waals surface area (Å²) in [4.78, 5) is 15.2. The number of hydrogen-bond acceptors (Lipinski definition) is 7. The van der Waals surface area contributed by atoms with E-state index in [0.717, 1.165) is 0 Å². The molecule has 0 aliphatic rings. The number of fused-ring (bicyclic) bond motifs is 3. The van der Waals surface area contributed by atoms with E-state index < -0.39 is 0 Å². The monoisotopic (exact) mass is 247 g/mol. The van der Waals surface area contributed by atoms with Gasteiger partial charge in [-0.05, 0) is 0 Å². The van der Waals surface area contributed by atoms with Crippen LogP contribution in [0.4, 0.5) is 0 Å². The van der Waals surface area contributed by atoms with Gasteiger partial charge in [0.25, 0.3) is 5.78 Å². The molecular weight excluding hydrogens is 238 g/mol. The Hall–Kier alpha value is -2.58. The maximum Gasteiger partial charge on any atom is 0.311 e. The fraction of sp³-hybridized carbons (Fsp3) is 0.333. The molecule has 3 aromatic rings. The summed E-state index contributed by atoms with van der Waals surface area (Å²) in [5.74, 6) is 0.00519. The summed E-state index contributed by atoms with van der Waals surface area (Å²) in [6.07, 6.45) is 1.43. The Morgan fingerprint density at radius 1 is 1.44 bits per heavy atom. The smallest absolute Gasteiger partial charge is 0.311 e. The Morgan fingerprint density at radius 2 is 2.28 bits per heavy atom. The van der Waals surface area contributed by atoms with E-state index >= 15 is 0 Å². The average Bonchev–Trinajstić information content (AvgIpc) is 2.94. The van der Waals surface area contributed by atoms with Gasteiger partial charge in [0.1, 0.15) is 12.0 Å². The van der Waals surface area contributed by atoms with Gasteiger partial charge in [-0.15, -0.1) is 10.2 Å². The van der Waals surface area contributed by atoms with E-state index in [4.69, 9.17) is 0 Å². The first-order valence-electron chi connectivity index (χ1n) is 5.15. The molecule has 0 bridgehead atoms. The van der Waals surface area contributed by atoms with Gasteiger partial charge in [-0.25, -0.2) is 4.68 Å². The molecule has 0 radical (unpaired) electrons. The first-order chi connectivity index (χ1) is 8.70. The lowest BCUT2D eigenvalue weighted by atomic mass is 10.3. The van der Waals surface area contributed by atoms with Crippen LogP contribution in [-0.2, 0) is 23.0 Å². The van der Waals surface area contributed by atoms with Crippen LogP contribution >= 0.6 is 0 Å². The number of ether oxygens (including phenoxy) is 1. The minimum Gasteiger partial charge on any atom is -0.469 e. The number of esters is 1. The summed E-state index contributed by atoms with van der Waals surface area (Å²) in [5.41, 5.74) is 1.65. The van der Waals surface area contributed by atoms with Gasteiger partial charge in [0.05, 0.1) is 13.5 Å². The van der Waals surface area contributed by atoms with Crippen LogP contribution in [0.2, 0.25) is 0 Å². The molecule has 3 heterocycles. The van der Waals surface area contributed by atoms with Gasteiger partial charge in [0.2, 0.25) is 0 Å². The van der Waals surface area contributed by atoms with Crippen molar-refractivity contribution in [2.45, 2.75) is 6.42 Å². The molecule has 0 N–H and O–H groups in total. The lowest BCUT2D eigenvalue weighted by Crippen LogP contribution is -2.06. The summed E-state index contributed by atoms with van der Waals surface area (Å²) >= 11 is 0. The van der Waals surface area contributed by atoms with Crippen molar-refractivity contribution in [3.8, 4) is 0 Å². The molecule has 3 rings (SSSR count). The highest BCUT2D eigenvalue weighted by Gasteiger charge is 2.17. The van der Waals surface area contributed by atoms with Gasteiger partial charge >= 0.3 is 5.97 Å². The number of methoxy groups -OCH3 is 1. The number of nitrogens with zero attached hydrogens (tertiary/aromatic N) is 7. The molecule has 0 aromatic carbocycles. The van der Waals surface area contributed by atoms with Gasteiger partial charge < -0.3 is 4.74 Å². The normalized spacial score (nSPS) is 11.2. The lowest BCUT2D eigenvalue weighted by molar-refractivity contribution is -0.139. The van der Waals surface area contributed by atoms with Crippen molar-refractivity contribution in [1.29, 1.82) is 0 Å². The number of rotatable bonds is 2. The molecule has 0 unspecified atom stereocenters. The average molecular weight is 247 g/mol. The number of carbonyl (C=O) groups is 1. The number of carbonyl (C=O) groups excluding carboxylic acids is 1. The van der Waals surface area contributed by atoms with E-state index in [2.05, 4.69) is 30.1 Å². The van der Waals surface area contributed by atoms with E-state index in [-0.39, 0.29) is 12.4 Å². The first-order valence-corrected chi connectivity index (χ1v) is 5.15. The highest BCUT2D eigenvalue weighted by atomic mass is 16.5. The number of hydrogen-bond donors (Lipinski definition) is 0. The maximum atomic E-state index is 11.3. The maximum absolute atomic E-state index is 11.3. The lowest BCUT2D eigenvalue weighted by Gasteiger charge is -1.95. The van der Waals surface area contributed by atoms with Crippen LogP contribution in [0, 0.1) is 0 Å². The summed E-state index contributed by atoms with van der Waals surface area (Å²) in [7, 11) is 3.07. The van der Waals surface area contributed by atoms with Gasteiger partial charge in [0.15, 0.2) is 11.2 Å². The van der Waals surface area contributed by atoms with Gasteiger partial charge in [-0.1, -0.05) is 0 Å². The molecule has 0 amide bonds. The van der Waals surface area contributed by atoms with E-state index in [1.54, 1.807) is 11.7 Å². The van der Waals surface area contributed by atoms with E-state index in [9.17, 15) is 4.79 Å². The van der Waals surface area contributed by atoms with Crippen molar-refractivity contribution < 1.29 is 9.53 Å². The zero-order chi connectivity index (χ0) is 12.7. The third-order valence-corrected chi connectivity index (χ3v) is 2.57. The molecule has 0 saturated carbocycles. The molecule has 0 saturated heterocycles. The van der Waals surface area contributed by atoms with Crippen molar-refractivity contribution in [2.24, 2.45) is 7.05 Å². The van der Waals surface area contributed by atoms with Crippen LogP contribution in [0.5, 0.6) is 0 Å². The summed E-state index contributed by atoms with van der Waals surface area (Å²) in [6.45, 7) is 0. The van der Waals surface area contributed by atoms with E-state index in [1.807, 2.05) is 0 Å². The molecule has 0 aliphatic carbocycles. The number of aryl methyl sites for hydroxylation is 1. The summed E-state index contributed by atoms with van der Waals surface area (Å²) < 4.78 is 7.72. The van der Waals surface area contributed by atoms with Crippen LogP contribution in [-0.4, -0.2) is 47.7 Å². The number of aromatic nitrogens is 7. The van der Waals surface area contributed by atoms with Gasteiger partial charge in [-0.2, -0.15) is 19.7 Å². The van der Waals surface area contributed by atoms with E-state index in [0.29, 0.717) is 22.6 Å². The highest BCUT2D eigenvalue weighted by Crippen LogP contribution is 2.15. The molecule has 18 heavy (non-hydrogen) atoms. The fourth-order valence-electron chi connectivity index (χ4n) is 1.77. The van der Waals surface area contributed by atoms with Crippen LogP contribution < -0.4 is 0 Å². The molecule has 9 nitrogen and oxygen atoms in total. The second-order valence-electron chi connectivity index (χ2n) is 3.67. The fourth-order valence-corrected chi connectivity index (χ4v) is 1.77. The Balaban J connectivity index is 2.26. The Labute approximate surface area is 100 Å². The minimum atomic E-state index is -0.379. The van der Waals surface area contributed by atoms with Crippen molar-refractivity contribution in [1.82, 2.24) is 34.6 Å². The van der Waals surface area contributed by atoms with E-state index in [1.165, 1.54) is 18.0 Å².